The SMILES string of the molecule is CCC1c2ccsc2CCN1C(=O)c1cc([N+](=O)[O-])cc([N+](=O)[O-])c1C. The molecule has 0 bridgehead atoms. The lowest BCUT2D eigenvalue weighted by atomic mass is 9.95. The van der Waals surface area contributed by atoms with Gasteiger partial charge in [-0.2, -0.15) is 0 Å². The number of fused-ring (bicyclic) bond motifs is 1. The van der Waals surface area contributed by atoms with E-state index < -0.39 is 27.1 Å². The van der Waals surface area contributed by atoms with E-state index in [-0.39, 0.29) is 17.2 Å². The maximum atomic E-state index is 13.2. The number of amides is 1. The molecular weight excluding hydrogens is 358 g/mol. The molecule has 1 aliphatic rings. The summed E-state index contributed by atoms with van der Waals surface area (Å²) < 4.78 is 0. The second kappa shape index (κ2) is 6.83. The van der Waals surface area contributed by atoms with Crippen LogP contribution in [-0.2, 0) is 6.42 Å². The molecule has 2 heterocycles. The number of rotatable bonds is 4. The number of carbonyl (C=O) groups is 1. The number of hydrogen-bond donors (Lipinski definition) is 0. The average molecular weight is 375 g/mol. The minimum atomic E-state index is -0.715. The summed E-state index contributed by atoms with van der Waals surface area (Å²) in [5, 5.41) is 24.4. The highest BCUT2D eigenvalue weighted by molar-refractivity contribution is 7.10. The number of benzene rings is 1. The first-order chi connectivity index (χ1) is 12.3. The number of hydrogen-bond acceptors (Lipinski definition) is 6. The van der Waals surface area contributed by atoms with Crippen molar-refractivity contribution in [3.8, 4) is 0 Å². The van der Waals surface area contributed by atoms with Crippen LogP contribution in [0.1, 0.15) is 45.7 Å². The van der Waals surface area contributed by atoms with E-state index in [2.05, 4.69) is 0 Å². The minimum Gasteiger partial charge on any atom is -0.331 e. The van der Waals surface area contributed by atoms with E-state index in [1.165, 1.54) is 11.8 Å². The number of non-ortho nitro benzene ring substituents is 1. The molecule has 0 N–H and O–H groups in total. The Morgan fingerprint density at radius 1 is 1.31 bits per heavy atom. The van der Waals surface area contributed by atoms with Crippen LogP contribution in [0.2, 0.25) is 0 Å². The molecule has 8 nitrogen and oxygen atoms in total. The monoisotopic (exact) mass is 375 g/mol. The van der Waals surface area contributed by atoms with E-state index in [9.17, 15) is 25.0 Å². The normalized spacial score (nSPS) is 16.2. The molecule has 1 aromatic carbocycles. The van der Waals surface area contributed by atoms with Crippen molar-refractivity contribution >= 4 is 28.6 Å². The van der Waals surface area contributed by atoms with Gasteiger partial charge in [0.2, 0.25) is 0 Å². The summed E-state index contributed by atoms with van der Waals surface area (Å²) in [5.41, 5.74) is 0.394. The van der Waals surface area contributed by atoms with Crippen molar-refractivity contribution in [2.75, 3.05) is 6.54 Å². The van der Waals surface area contributed by atoms with Gasteiger partial charge in [-0.15, -0.1) is 11.3 Å². The Kier molecular flexibility index (Phi) is 4.73. The molecule has 0 saturated heterocycles. The molecule has 0 aliphatic carbocycles. The molecule has 1 unspecified atom stereocenters. The maximum Gasteiger partial charge on any atom is 0.279 e. The lowest BCUT2D eigenvalue weighted by Crippen LogP contribution is -2.39. The van der Waals surface area contributed by atoms with Gasteiger partial charge >= 0.3 is 0 Å². The second-order valence-electron chi connectivity index (χ2n) is 6.12. The molecule has 2 aromatic rings. The minimum absolute atomic E-state index is 0.0167. The highest BCUT2D eigenvalue weighted by atomic mass is 32.1. The smallest absolute Gasteiger partial charge is 0.279 e. The largest absolute Gasteiger partial charge is 0.331 e. The number of nitrogens with zero attached hydrogens (tertiary/aromatic N) is 3. The van der Waals surface area contributed by atoms with E-state index in [0.717, 1.165) is 17.7 Å². The lowest BCUT2D eigenvalue weighted by molar-refractivity contribution is -0.394. The van der Waals surface area contributed by atoms with Gasteiger partial charge in [0.25, 0.3) is 17.3 Å². The first kappa shape index (κ1) is 18.0. The Labute approximate surface area is 153 Å². The Hall–Kier alpha value is -2.81. The van der Waals surface area contributed by atoms with Crippen LogP contribution in [0.15, 0.2) is 23.6 Å². The molecule has 0 saturated carbocycles. The van der Waals surface area contributed by atoms with Gasteiger partial charge in [0.1, 0.15) is 0 Å². The van der Waals surface area contributed by atoms with Crippen molar-refractivity contribution in [2.24, 2.45) is 0 Å². The number of nitro benzene ring substituents is 2. The zero-order valence-electron chi connectivity index (χ0n) is 14.3. The van der Waals surface area contributed by atoms with Crippen LogP contribution >= 0.6 is 11.3 Å². The van der Waals surface area contributed by atoms with Gasteiger partial charge < -0.3 is 4.90 Å². The van der Waals surface area contributed by atoms with Crippen LogP contribution in [0.25, 0.3) is 0 Å². The molecule has 26 heavy (non-hydrogen) atoms. The summed E-state index contributed by atoms with van der Waals surface area (Å²) in [6.45, 7) is 3.91. The van der Waals surface area contributed by atoms with Crippen molar-refractivity contribution in [2.45, 2.75) is 32.7 Å². The Balaban J connectivity index is 2.07. The third-order valence-corrected chi connectivity index (χ3v) is 5.74. The Bertz CT molecular complexity index is 908. The second-order valence-corrected chi connectivity index (χ2v) is 7.12. The van der Waals surface area contributed by atoms with Gasteiger partial charge in [0.15, 0.2) is 0 Å². The average Bonchev–Trinajstić information content (AvgIpc) is 3.08. The molecule has 0 fully saturated rings. The van der Waals surface area contributed by atoms with Crippen LogP contribution in [0.4, 0.5) is 11.4 Å². The third kappa shape index (κ3) is 2.94. The topological polar surface area (TPSA) is 107 Å². The number of nitro groups is 2. The molecule has 0 radical (unpaired) electrons. The van der Waals surface area contributed by atoms with E-state index in [4.69, 9.17) is 0 Å². The summed E-state index contributed by atoms with van der Waals surface area (Å²) in [6.07, 6.45) is 1.41. The van der Waals surface area contributed by atoms with Crippen LogP contribution in [0, 0.1) is 27.2 Å². The Morgan fingerprint density at radius 3 is 2.65 bits per heavy atom. The van der Waals surface area contributed by atoms with Gasteiger partial charge in [0, 0.05) is 23.1 Å². The highest BCUT2D eigenvalue weighted by Gasteiger charge is 2.34. The van der Waals surface area contributed by atoms with Crippen LogP contribution in [-0.4, -0.2) is 27.2 Å². The first-order valence-electron chi connectivity index (χ1n) is 8.15. The van der Waals surface area contributed by atoms with Gasteiger partial charge in [-0.05, 0) is 36.8 Å². The van der Waals surface area contributed by atoms with Crippen molar-refractivity contribution in [1.29, 1.82) is 0 Å². The van der Waals surface area contributed by atoms with Gasteiger partial charge in [0.05, 0.1) is 27.5 Å². The van der Waals surface area contributed by atoms with Gasteiger partial charge in [-0.1, -0.05) is 6.92 Å². The van der Waals surface area contributed by atoms with E-state index >= 15 is 0 Å². The summed E-state index contributed by atoms with van der Waals surface area (Å²) in [5.74, 6) is -0.405. The number of carbonyl (C=O) groups excluding carboxylic acids is 1. The van der Waals surface area contributed by atoms with Crippen molar-refractivity contribution in [3.63, 3.8) is 0 Å². The first-order valence-corrected chi connectivity index (χ1v) is 9.03. The fraction of sp³-hybridized carbons (Fsp3) is 0.353. The maximum absolute atomic E-state index is 13.2. The van der Waals surface area contributed by atoms with E-state index in [1.54, 1.807) is 16.2 Å². The zero-order chi connectivity index (χ0) is 19.0. The molecule has 9 heteroatoms. The van der Waals surface area contributed by atoms with E-state index in [1.807, 2.05) is 18.4 Å². The molecule has 0 spiro atoms. The third-order valence-electron chi connectivity index (χ3n) is 4.75. The summed E-state index contributed by atoms with van der Waals surface area (Å²) in [6, 6.07) is 3.91. The Morgan fingerprint density at radius 2 is 2.04 bits per heavy atom. The molecule has 3 rings (SSSR count). The zero-order valence-corrected chi connectivity index (χ0v) is 15.1. The molecule has 1 aromatic heterocycles. The van der Waals surface area contributed by atoms with Gasteiger partial charge in [-0.25, -0.2) is 0 Å². The van der Waals surface area contributed by atoms with Crippen LogP contribution < -0.4 is 0 Å². The predicted octanol–water partition coefficient (Wildman–Crippen LogP) is 4.02. The fourth-order valence-electron chi connectivity index (χ4n) is 3.44. The molecule has 1 amide bonds. The fourth-order valence-corrected chi connectivity index (χ4v) is 4.36. The number of thiophene rings is 1. The van der Waals surface area contributed by atoms with E-state index in [0.29, 0.717) is 19.4 Å². The molecule has 1 atom stereocenters. The summed E-state index contributed by atoms with van der Waals surface area (Å²) >= 11 is 1.65. The quantitative estimate of drug-likeness (QED) is 0.592. The molecule has 136 valence electrons. The van der Waals surface area contributed by atoms with Gasteiger partial charge in [-0.3, -0.25) is 25.0 Å². The van der Waals surface area contributed by atoms with Crippen molar-refractivity contribution in [3.05, 3.63) is 65.4 Å². The lowest BCUT2D eigenvalue weighted by Gasteiger charge is -2.35. The van der Waals surface area contributed by atoms with Crippen molar-refractivity contribution < 1.29 is 14.6 Å². The predicted molar refractivity (Wildman–Crippen MR) is 96.6 cm³/mol. The highest BCUT2D eigenvalue weighted by Crippen LogP contribution is 2.37. The standard InChI is InChI=1S/C17H17N3O5S/c1-3-14-12-5-7-26-16(12)4-6-18(14)17(21)13-8-11(19(22)23)9-15(10(13)2)20(24)25/h5,7-9,14H,3-4,6H2,1-2H3. The summed E-state index contributed by atoms with van der Waals surface area (Å²) in [4.78, 5) is 37.1. The van der Waals surface area contributed by atoms with Crippen molar-refractivity contribution in [1.82, 2.24) is 4.90 Å². The molecule has 1 aliphatic heterocycles. The van der Waals surface area contributed by atoms with Crippen LogP contribution in [0.5, 0.6) is 0 Å². The van der Waals surface area contributed by atoms with Crippen LogP contribution in [0.3, 0.4) is 0 Å². The molecular formula is C17H17N3O5S. The summed E-state index contributed by atoms with van der Waals surface area (Å²) in [7, 11) is 0.